The number of aryl methyl sites for hydroxylation is 1. The summed E-state index contributed by atoms with van der Waals surface area (Å²) in [6.07, 6.45) is 1.09. The highest BCUT2D eigenvalue weighted by atomic mass is 32.2. The zero-order valence-electron chi connectivity index (χ0n) is 11.1. The fraction of sp³-hybridized carbons (Fsp3) is 0.500. The molecule has 3 N–H and O–H groups in total. The predicted molar refractivity (Wildman–Crippen MR) is 76.8 cm³/mol. The number of rotatable bonds is 3. The summed E-state index contributed by atoms with van der Waals surface area (Å²) in [6, 6.07) is 2.14. The van der Waals surface area contributed by atoms with Gasteiger partial charge in [-0.2, -0.15) is 0 Å². The van der Waals surface area contributed by atoms with Crippen molar-refractivity contribution in [3.63, 3.8) is 0 Å². The molecule has 1 aliphatic heterocycles. The average molecular weight is 320 g/mol. The molecule has 2 rings (SSSR count). The fourth-order valence-corrected chi connectivity index (χ4v) is 4.84. The zero-order valence-corrected chi connectivity index (χ0v) is 12.7. The number of nitrogen functional groups attached to an aromatic ring is 1. The Morgan fingerprint density at radius 2 is 1.95 bits per heavy atom. The van der Waals surface area contributed by atoms with Crippen molar-refractivity contribution >= 4 is 26.5 Å². The van der Waals surface area contributed by atoms with E-state index in [1.807, 2.05) is 0 Å². The lowest BCUT2D eigenvalue weighted by Crippen LogP contribution is -2.39. The number of anilines is 1. The third-order valence-electron chi connectivity index (χ3n) is 3.28. The molecular formula is C12H17FN2O3S2. The van der Waals surface area contributed by atoms with Crippen LogP contribution in [-0.2, 0) is 20.8 Å². The van der Waals surface area contributed by atoms with Gasteiger partial charge in [-0.3, -0.25) is 4.21 Å². The Morgan fingerprint density at radius 3 is 2.50 bits per heavy atom. The maximum absolute atomic E-state index is 13.4. The van der Waals surface area contributed by atoms with Crippen LogP contribution in [0.3, 0.4) is 0 Å². The molecule has 0 saturated carbocycles. The van der Waals surface area contributed by atoms with Crippen molar-refractivity contribution in [1.82, 2.24) is 4.72 Å². The molecule has 20 heavy (non-hydrogen) atoms. The van der Waals surface area contributed by atoms with Crippen LogP contribution in [0.25, 0.3) is 0 Å². The molecule has 0 aliphatic carbocycles. The van der Waals surface area contributed by atoms with Crippen LogP contribution in [0.15, 0.2) is 17.0 Å². The van der Waals surface area contributed by atoms with E-state index in [2.05, 4.69) is 4.72 Å². The maximum Gasteiger partial charge on any atom is 0.240 e. The second-order valence-electron chi connectivity index (χ2n) is 4.89. The van der Waals surface area contributed by atoms with E-state index < -0.39 is 26.6 Å². The first kappa shape index (κ1) is 15.4. The number of nitrogens with one attached hydrogen (secondary N) is 1. The molecule has 0 amide bonds. The van der Waals surface area contributed by atoms with Gasteiger partial charge in [0.15, 0.2) is 0 Å². The van der Waals surface area contributed by atoms with Gasteiger partial charge in [-0.25, -0.2) is 17.5 Å². The summed E-state index contributed by atoms with van der Waals surface area (Å²) in [5.74, 6) is 0.396. The number of nitrogens with two attached hydrogens (primary N) is 1. The minimum Gasteiger partial charge on any atom is -0.396 e. The highest BCUT2D eigenvalue weighted by Crippen LogP contribution is 2.22. The van der Waals surface area contributed by atoms with Crippen LogP contribution in [0.4, 0.5) is 10.1 Å². The van der Waals surface area contributed by atoms with Gasteiger partial charge in [0.2, 0.25) is 10.0 Å². The predicted octanol–water partition coefficient (Wildman–Crippen LogP) is 0.906. The molecule has 8 heteroatoms. The van der Waals surface area contributed by atoms with Crippen molar-refractivity contribution in [2.45, 2.75) is 30.7 Å². The van der Waals surface area contributed by atoms with E-state index in [0.29, 0.717) is 24.3 Å². The van der Waals surface area contributed by atoms with Crippen LogP contribution >= 0.6 is 0 Å². The van der Waals surface area contributed by atoms with Crippen molar-refractivity contribution in [1.29, 1.82) is 0 Å². The van der Waals surface area contributed by atoms with E-state index in [1.165, 1.54) is 13.0 Å². The van der Waals surface area contributed by atoms with Crippen LogP contribution in [0, 0.1) is 12.7 Å². The van der Waals surface area contributed by atoms with Crippen molar-refractivity contribution < 1.29 is 17.0 Å². The summed E-state index contributed by atoms with van der Waals surface area (Å²) >= 11 is 0. The van der Waals surface area contributed by atoms with Gasteiger partial charge in [0.1, 0.15) is 5.82 Å². The summed E-state index contributed by atoms with van der Waals surface area (Å²) in [7, 11) is -4.58. The smallest absolute Gasteiger partial charge is 0.240 e. The summed E-state index contributed by atoms with van der Waals surface area (Å²) in [4.78, 5) is -0.0411. The molecule has 1 saturated heterocycles. The zero-order chi connectivity index (χ0) is 14.9. The van der Waals surface area contributed by atoms with E-state index in [0.717, 1.165) is 6.07 Å². The third-order valence-corrected chi connectivity index (χ3v) is 6.16. The third kappa shape index (κ3) is 3.36. The van der Waals surface area contributed by atoms with Crippen molar-refractivity contribution in [3.8, 4) is 0 Å². The van der Waals surface area contributed by atoms with E-state index in [9.17, 15) is 17.0 Å². The molecule has 1 aliphatic rings. The largest absolute Gasteiger partial charge is 0.396 e. The Morgan fingerprint density at radius 1 is 1.35 bits per heavy atom. The van der Waals surface area contributed by atoms with E-state index >= 15 is 0 Å². The summed E-state index contributed by atoms with van der Waals surface area (Å²) in [5, 5.41) is 0. The summed E-state index contributed by atoms with van der Waals surface area (Å²) in [6.45, 7) is 1.47. The Kier molecular flexibility index (Phi) is 4.46. The molecule has 1 heterocycles. The molecule has 0 bridgehead atoms. The number of hydrogen-bond acceptors (Lipinski definition) is 4. The second-order valence-corrected chi connectivity index (χ2v) is 8.30. The first-order chi connectivity index (χ1) is 9.29. The first-order valence-electron chi connectivity index (χ1n) is 6.22. The van der Waals surface area contributed by atoms with Gasteiger partial charge >= 0.3 is 0 Å². The fourth-order valence-electron chi connectivity index (χ4n) is 2.12. The van der Waals surface area contributed by atoms with Gasteiger partial charge in [-0.15, -0.1) is 0 Å². The number of hydrogen-bond donors (Lipinski definition) is 2. The van der Waals surface area contributed by atoms with Gasteiger partial charge in [-0.1, -0.05) is 0 Å². The lowest BCUT2D eigenvalue weighted by atomic mass is 10.2. The molecule has 0 atom stereocenters. The van der Waals surface area contributed by atoms with Gasteiger partial charge in [0.05, 0.1) is 10.6 Å². The number of halogens is 1. The van der Waals surface area contributed by atoms with E-state index in [4.69, 9.17) is 5.73 Å². The van der Waals surface area contributed by atoms with Crippen molar-refractivity contribution in [2.75, 3.05) is 17.2 Å². The maximum atomic E-state index is 13.4. The Balaban J connectivity index is 2.20. The quantitative estimate of drug-likeness (QED) is 0.810. The van der Waals surface area contributed by atoms with Crippen LogP contribution in [0.2, 0.25) is 0 Å². The monoisotopic (exact) mass is 320 g/mol. The van der Waals surface area contributed by atoms with E-state index in [1.54, 1.807) is 0 Å². The number of benzene rings is 1. The lowest BCUT2D eigenvalue weighted by molar-refractivity contribution is 0.521. The Hall–Kier alpha value is -0.990. The van der Waals surface area contributed by atoms with Gasteiger partial charge in [-0.05, 0) is 37.5 Å². The van der Waals surface area contributed by atoms with E-state index in [-0.39, 0.29) is 22.2 Å². The second kappa shape index (κ2) is 5.79. The van der Waals surface area contributed by atoms with Crippen LogP contribution in [-0.4, -0.2) is 30.2 Å². The van der Waals surface area contributed by atoms with Crippen molar-refractivity contribution in [3.05, 3.63) is 23.5 Å². The van der Waals surface area contributed by atoms with Crippen LogP contribution in [0.1, 0.15) is 18.4 Å². The highest BCUT2D eigenvalue weighted by molar-refractivity contribution is 7.89. The minimum absolute atomic E-state index is 0.0411. The molecule has 1 aromatic carbocycles. The molecule has 1 aromatic rings. The first-order valence-corrected chi connectivity index (χ1v) is 9.19. The van der Waals surface area contributed by atoms with Gasteiger partial charge < -0.3 is 5.73 Å². The molecule has 0 aromatic heterocycles. The Bertz CT molecular complexity index is 613. The number of sulfonamides is 1. The molecule has 1 fully saturated rings. The molecular weight excluding hydrogens is 303 g/mol. The normalized spacial score (nSPS) is 23.7. The van der Waals surface area contributed by atoms with Crippen LogP contribution < -0.4 is 10.5 Å². The summed E-state index contributed by atoms with van der Waals surface area (Å²) in [5.41, 5.74) is 5.47. The van der Waals surface area contributed by atoms with Crippen molar-refractivity contribution in [2.24, 2.45) is 0 Å². The summed E-state index contributed by atoms with van der Waals surface area (Å²) < 4.78 is 51.7. The standard InChI is InChI=1S/C12H17FN2O3S2/c1-8-6-10(7-11(14)12(8)13)20(17,18)15-9-2-4-19(16)5-3-9/h6-7,9,15H,2-5,14H2,1H3. The Labute approximate surface area is 120 Å². The highest BCUT2D eigenvalue weighted by Gasteiger charge is 2.25. The molecule has 0 spiro atoms. The average Bonchev–Trinajstić information content (AvgIpc) is 2.38. The van der Waals surface area contributed by atoms with Gasteiger partial charge in [0, 0.05) is 28.3 Å². The molecule has 112 valence electrons. The van der Waals surface area contributed by atoms with Gasteiger partial charge in [0.25, 0.3) is 0 Å². The topological polar surface area (TPSA) is 89.3 Å². The molecule has 0 unspecified atom stereocenters. The SMILES string of the molecule is Cc1cc(S(=O)(=O)NC2CCS(=O)CC2)cc(N)c1F. The lowest BCUT2D eigenvalue weighted by Gasteiger charge is -2.22. The molecule has 5 nitrogen and oxygen atoms in total. The van der Waals surface area contributed by atoms with Crippen LogP contribution in [0.5, 0.6) is 0 Å². The minimum atomic E-state index is -3.73. The molecule has 0 radical (unpaired) electrons.